The van der Waals surface area contributed by atoms with E-state index in [1.807, 2.05) is 0 Å². The highest BCUT2D eigenvalue weighted by Gasteiger charge is 2.24. The zero-order chi connectivity index (χ0) is 15.3. The summed E-state index contributed by atoms with van der Waals surface area (Å²) >= 11 is 0. The zero-order valence-electron chi connectivity index (χ0n) is 11.3. The number of carbonyl (C=O) groups excluding carboxylic acids is 1. The van der Waals surface area contributed by atoms with Crippen molar-refractivity contribution < 1.29 is 18.8 Å². The zero-order valence-corrected chi connectivity index (χ0v) is 11.3. The normalized spacial score (nSPS) is 9.95. The van der Waals surface area contributed by atoms with Gasteiger partial charge in [-0.2, -0.15) is 0 Å². The summed E-state index contributed by atoms with van der Waals surface area (Å²) in [5.74, 6) is -1.87. The predicted molar refractivity (Wildman–Crippen MR) is 72.5 cm³/mol. The number of rotatable bonds is 6. The van der Waals surface area contributed by atoms with Crippen molar-refractivity contribution in [2.45, 2.75) is 6.92 Å². The molecule has 0 fully saturated rings. The molecule has 20 heavy (non-hydrogen) atoms. The van der Waals surface area contributed by atoms with Gasteiger partial charge in [0.25, 0.3) is 5.69 Å². The molecule has 0 aliphatic carbocycles. The summed E-state index contributed by atoms with van der Waals surface area (Å²) in [7, 11) is 1.12. The molecule has 0 saturated carbocycles. The number of carbonyl (C=O) groups is 1. The van der Waals surface area contributed by atoms with Crippen LogP contribution in [-0.2, 0) is 4.74 Å². The van der Waals surface area contributed by atoms with E-state index in [0.717, 1.165) is 19.2 Å². The minimum absolute atomic E-state index is 0.152. The number of methoxy groups -OCH3 is 1. The Morgan fingerprint density at radius 2 is 2.25 bits per heavy atom. The Hall–Kier alpha value is -2.44. The van der Waals surface area contributed by atoms with Crippen molar-refractivity contribution >= 4 is 17.3 Å². The van der Waals surface area contributed by atoms with Crippen LogP contribution in [0.5, 0.6) is 0 Å². The minimum atomic E-state index is -0.984. The van der Waals surface area contributed by atoms with Gasteiger partial charge in [-0.15, -0.1) is 6.58 Å². The topological polar surface area (TPSA) is 72.7 Å². The molecular formula is C13H15FN2O4. The summed E-state index contributed by atoms with van der Waals surface area (Å²) in [6.45, 7) is 6.13. The third-order valence-electron chi connectivity index (χ3n) is 2.74. The van der Waals surface area contributed by atoms with E-state index >= 15 is 0 Å². The van der Waals surface area contributed by atoms with Crippen LogP contribution in [0.1, 0.15) is 17.3 Å². The van der Waals surface area contributed by atoms with Gasteiger partial charge in [-0.3, -0.25) is 10.1 Å². The lowest BCUT2D eigenvalue weighted by Crippen LogP contribution is -2.24. The van der Waals surface area contributed by atoms with Gasteiger partial charge >= 0.3 is 5.97 Å². The number of anilines is 1. The molecule has 0 radical (unpaired) electrons. The quantitative estimate of drug-likeness (QED) is 0.347. The minimum Gasteiger partial charge on any atom is -0.465 e. The molecule has 0 saturated heterocycles. The molecule has 108 valence electrons. The molecule has 0 spiro atoms. The van der Waals surface area contributed by atoms with Crippen molar-refractivity contribution in [1.82, 2.24) is 0 Å². The Bertz CT molecular complexity index is 545. The number of likely N-dealkylation sites (N-methyl/N-ethyl adjacent to an activating group) is 1. The molecule has 0 N–H and O–H groups in total. The predicted octanol–water partition coefficient (Wildman–Crippen LogP) is 2.53. The molecule has 0 aliphatic rings. The fourth-order valence-electron chi connectivity index (χ4n) is 1.77. The van der Waals surface area contributed by atoms with Gasteiger partial charge in [0.2, 0.25) is 0 Å². The van der Waals surface area contributed by atoms with E-state index in [-0.39, 0.29) is 11.3 Å². The number of benzene rings is 1. The van der Waals surface area contributed by atoms with Crippen LogP contribution in [0.4, 0.5) is 15.8 Å². The molecular weight excluding hydrogens is 267 g/mol. The highest BCUT2D eigenvalue weighted by Crippen LogP contribution is 2.31. The highest BCUT2D eigenvalue weighted by atomic mass is 19.1. The first-order valence-corrected chi connectivity index (χ1v) is 5.88. The average molecular weight is 282 g/mol. The lowest BCUT2D eigenvalue weighted by molar-refractivity contribution is -0.384. The SMILES string of the molecule is C=CCN(CC)c1cc(C(=O)OC)c(F)cc1[N+](=O)[O-]. The van der Waals surface area contributed by atoms with Gasteiger partial charge in [0.1, 0.15) is 11.5 Å². The van der Waals surface area contributed by atoms with Crippen molar-refractivity contribution in [2.75, 3.05) is 25.1 Å². The summed E-state index contributed by atoms with van der Waals surface area (Å²) in [5, 5.41) is 11.0. The molecule has 0 heterocycles. The largest absolute Gasteiger partial charge is 0.465 e. The van der Waals surface area contributed by atoms with Crippen LogP contribution < -0.4 is 4.90 Å². The van der Waals surface area contributed by atoms with E-state index in [2.05, 4.69) is 11.3 Å². The Balaban J connectivity index is 3.47. The third kappa shape index (κ3) is 3.11. The second-order valence-corrected chi connectivity index (χ2v) is 3.90. The maximum absolute atomic E-state index is 13.7. The van der Waals surface area contributed by atoms with Gasteiger partial charge < -0.3 is 9.64 Å². The Morgan fingerprint density at radius 1 is 1.60 bits per heavy atom. The number of ether oxygens (including phenoxy) is 1. The first-order chi connectivity index (χ1) is 9.46. The van der Waals surface area contributed by atoms with Crippen LogP contribution in [0, 0.1) is 15.9 Å². The number of nitro benzene ring substituents is 1. The van der Waals surface area contributed by atoms with E-state index in [1.54, 1.807) is 17.9 Å². The van der Waals surface area contributed by atoms with Crippen LogP contribution in [0.2, 0.25) is 0 Å². The van der Waals surface area contributed by atoms with Crippen molar-refractivity contribution in [1.29, 1.82) is 0 Å². The smallest absolute Gasteiger partial charge is 0.340 e. The molecule has 0 bridgehead atoms. The highest BCUT2D eigenvalue weighted by molar-refractivity contribution is 5.92. The standard InChI is InChI=1S/C13H15FN2O4/c1-4-6-15(5-2)11-7-9(13(17)20-3)10(14)8-12(11)16(18)19/h4,7-8H,1,5-6H2,2-3H3. The summed E-state index contributed by atoms with van der Waals surface area (Å²) in [5.41, 5.74) is -0.589. The second kappa shape index (κ2) is 6.65. The van der Waals surface area contributed by atoms with Crippen LogP contribution in [0.15, 0.2) is 24.8 Å². The average Bonchev–Trinajstić information content (AvgIpc) is 2.43. The molecule has 1 aromatic rings. The molecule has 1 rings (SSSR count). The van der Waals surface area contributed by atoms with E-state index in [0.29, 0.717) is 13.1 Å². The van der Waals surface area contributed by atoms with Crippen LogP contribution in [0.3, 0.4) is 0 Å². The number of hydrogen-bond donors (Lipinski definition) is 0. The summed E-state index contributed by atoms with van der Waals surface area (Å²) in [4.78, 5) is 23.4. The van der Waals surface area contributed by atoms with Gasteiger partial charge in [-0.1, -0.05) is 6.08 Å². The molecule has 1 aromatic carbocycles. The monoisotopic (exact) mass is 282 g/mol. The van der Waals surface area contributed by atoms with Crippen molar-refractivity contribution in [3.05, 3.63) is 46.3 Å². The van der Waals surface area contributed by atoms with E-state index < -0.39 is 22.4 Å². The lowest BCUT2D eigenvalue weighted by Gasteiger charge is -2.21. The van der Waals surface area contributed by atoms with Crippen molar-refractivity contribution in [3.8, 4) is 0 Å². The lowest BCUT2D eigenvalue weighted by atomic mass is 10.1. The summed E-state index contributed by atoms with van der Waals surface area (Å²) in [6.07, 6.45) is 1.56. The van der Waals surface area contributed by atoms with Crippen LogP contribution in [-0.4, -0.2) is 31.1 Å². The fourth-order valence-corrected chi connectivity index (χ4v) is 1.77. The van der Waals surface area contributed by atoms with E-state index in [9.17, 15) is 19.3 Å². The maximum atomic E-state index is 13.7. The maximum Gasteiger partial charge on any atom is 0.340 e. The van der Waals surface area contributed by atoms with Crippen LogP contribution in [0.25, 0.3) is 0 Å². The summed E-state index contributed by atoms with van der Waals surface area (Å²) in [6, 6.07) is 1.86. The van der Waals surface area contributed by atoms with Crippen molar-refractivity contribution in [3.63, 3.8) is 0 Å². The first kappa shape index (κ1) is 15.6. The Labute approximate surface area is 115 Å². The number of nitro groups is 1. The number of nitrogens with zero attached hydrogens (tertiary/aromatic N) is 2. The fraction of sp³-hybridized carbons (Fsp3) is 0.308. The Kier molecular flexibility index (Phi) is 5.19. The molecule has 7 heteroatoms. The second-order valence-electron chi connectivity index (χ2n) is 3.90. The molecule has 0 aromatic heterocycles. The van der Waals surface area contributed by atoms with E-state index in [4.69, 9.17) is 0 Å². The van der Waals surface area contributed by atoms with Gasteiger partial charge in [0.15, 0.2) is 0 Å². The number of halogens is 1. The van der Waals surface area contributed by atoms with Crippen LogP contribution >= 0.6 is 0 Å². The molecule has 0 aliphatic heterocycles. The molecule has 0 atom stereocenters. The number of hydrogen-bond acceptors (Lipinski definition) is 5. The third-order valence-corrected chi connectivity index (χ3v) is 2.74. The van der Waals surface area contributed by atoms with Gasteiger partial charge in [0, 0.05) is 13.1 Å². The molecule has 6 nitrogen and oxygen atoms in total. The van der Waals surface area contributed by atoms with Gasteiger partial charge in [-0.25, -0.2) is 9.18 Å². The summed E-state index contributed by atoms with van der Waals surface area (Å²) < 4.78 is 18.2. The van der Waals surface area contributed by atoms with Gasteiger partial charge in [-0.05, 0) is 13.0 Å². The Morgan fingerprint density at radius 3 is 2.70 bits per heavy atom. The molecule has 0 unspecified atom stereocenters. The number of esters is 1. The van der Waals surface area contributed by atoms with Gasteiger partial charge in [0.05, 0.1) is 23.7 Å². The first-order valence-electron chi connectivity index (χ1n) is 5.88. The molecule has 0 amide bonds. The van der Waals surface area contributed by atoms with Crippen molar-refractivity contribution in [2.24, 2.45) is 0 Å². The van der Waals surface area contributed by atoms with E-state index in [1.165, 1.54) is 0 Å².